The summed E-state index contributed by atoms with van der Waals surface area (Å²) >= 11 is 1.08. The second-order valence-electron chi connectivity index (χ2n) is 6.48. The molecule has 0 unspecified atom stereocenters. The fourth-order valence-corrected chi connectivity index (χ4v) is 4.35. The van der Waals surface area contributed by atoms with Crippen LogP contribution in [0.1, 0.15) is 39.4 Å². The maximum atomic E-state index is 14.0. The molecule has 7 heteroatoms. The molecule has 1 aromatic heterocycles. The molecule has 1 saturated heterocycles. The topological polar surface area (TPSA) is 62.6 Å². The van der Waals surface area contributed by atoms with E-state index in [1.807, 2.05) is 0 Å². The van der Waals surface area contributed by atoms with Gasteiger partial charge in [-0.1, -0.05) is 12.1 Å². The number of hydrogen-bond acceptors (Lipinski definition) is 6. The molecule has 5 nitrogen and oxygen atoms in total. The molecule has 0 saturated carbocycles. The van der Waals surface area contributed by atoms with Crippen molar-refractivity contribution >= 4 is 28.6 Å². The number of rotatable bonds is 4. The maximum absolute atomic E-state index is 14.0. The van der Waals surface area contributed by atoms with Crippen LogP contribution in [-0.4, -0.2) is 53.3 Å². The third-order valence-electron chi connectivity index (χ3n) is 4.71. The standard InChI is InChI=1S/C19H18FN3O2S/c20-13-6-2-1-5-12(13)19-22-16-17(25)14(11-15(24)18(16)26-19)21-7-10-23-8-3-4-9-23/h1-2,5-6H,3-4,7-11H2. The molecule has 0 radical (unpaired) electrons. The molecule has 134 valence electrons. The van der Waals surface area contributed by atoms with Crippen molar-refractivity contribution in [2.75, 3.05) is 26.2 Å². The molecule has 2 heterocycles. The largest absolute Gasteiger partial charge is 0.301 e. The van der Waals surface area contributed by atoms with Crippen molar-refractivity contribution in [3.8, 4) is 10.6 Å². The van der Waals surface area contributed by atoms with Gasteiger partial charge in [0.2, 0.25) is 5.78 Å². The number of carbonyl (C=O) groups is 2. The average Bonchev–Trinajstić information content (AvgIpc) is 3.29. The molecular weight excluding hydrogens is 353 g/mol. The van der Waals surface area contributed by atoms with Crippen LogP contribution in [0.25, 0.3) is 10.6 Å². The highest BCUT2D eigenvalue weighted by Gasteiger charge is 2.33. The summed E-state index contributed by atoms with van der Waals surface area (Å²) in [7, 11) is 0. The number of halogens is 1. The van der Waals surface area contributed by atoms with Gasteiger partial charge in [0.1, 0.15) is 21.4 Å². The summed E-state index contributed by atoms with van der Waals surface area (Å²) in [6, 6.07) is 6.23. The van der Waals surface area contributed by atoms with Gasteiger partial charge in [-0.2, -0.15) is 0 Å². The van der Waals surface area contributed by atoms with Crippen molar-refractivity contribution < 1.29 is 14.0 Å². The molecule has 2 aliphatic rings. The van der Waals surface area contributed by atoms with E-state index in [-0.39, 0.29) is 29.4 Å². The molecule has 1 aliphatic heterocycles. The molecule has 26 heavy (non-hydrogen) atoms. The number of likely N-dealkylation sites (tertiary alicyclic amines) is 1. The van der Waals surface area contributed by atoms with E-state index in [0.29, 0.717) is 22.0 Å². The number of ketones is 2. The van der Waals surface area contributed by atoms with Crippen molar-refractivity contribution in [3.05, 3.63) is 40.7 Å². The predicted octanol–water partition coefficient (Wildman–Crippen LogP) is 3.26. The van der Waals surface area contributed by atoms with Crippen molar-refractivity contribution in [1.82, 2.24) is 9.88 Å². The van der Waals surface area contributed by atoms with Gasteiger partial charge in [0.25, 0.3) is 0 Å². The Morgan fingerprint density at radius 2 is 1.96 bits per heavy atom. The number of fused-ring (bicyclic) bond motifs is 1. The molecule has 2 aromatic rings. The van der Waals surface area contributed by atoms with Crippen LogP contribution in [0.2, 0.25) is 0 Å². The first-order valence-corrected chi connectivity index (χ1v) is 9.54. The molecule has 0 atom stereocenters. The summed E-state index contributed by atoms with van der Waals surface area (Å²) in [6.07, 6.45) is 2.41. The lowest BCUT2D eigenvalue weighted by Gasteiger charge is -2.14. The smallest absolute Gasteiger partial charge is 0.227 e. The van der Waals surface area contributed by atoms with Crippen molar-refractivity contribution in [2.24, 2.45) is 4.99 Å². The van der Waals surface area contributed by atoms with Crippen LogP contribution in [0.5, 0.6) is 0 Å². The predicted molar refractivity (Wildman–Crippen MR) is 98.8 cm³/mol. The lowest BCUT2D eigenvalue weighted by Crippen LogP contribution is -2.28. The highest BCUT2D eigenvalue weighted by atomic mass is 32.1. The highest BCUT2D eigenvalue weighted by molar-refractivity contribution is 7.17. The summed E-state index contributed by atoms with van der Waals surface area (Å²) in [6.45, 7) is 3.45. The molecule has 0 N–H and O–H groups in total. The van der Waals surface area contributed by atoms with Crippen molar-refractivity contribution in [3.63, 3.8) is 0 Å². The summed E-state index contributed by atoms with van der Waals surface area (Å²) < 4.78 is 14.0. The zero-order chi connectivity index (χ0) is 18.1. The Bertz CT molecular complexity index is 900. The molecule has 0 bridgehead atoms. The van der Waals surface area contributed by atoms with Gasteiger partial charge in [0, 0.05) is 12.1 Å². The van der Waals surface area contributed by atoms with E-state index >= 15 is 0 Å². The molecule has 1 fully saturated rings. The van der Waals surface area contributed by atoms with Crippen LogP contribution >= 0.6 is 11.3 Å². The number of nitrogens with zero attached hydrogens (tertiary/aromatic N) is 3. The summed E-state index contributed by atoms with van der Waals surface area (Å²) in [5.74, 6) is -0.891. The molecule has 4 rings (SSSR count). The van der Waals surface area contributed by atoms with Gasteiger partial charge in [-0.25, -0.2) is 9.37 Å². The van der Waals surface area contributed by atoms with Crippen LogP contribution in [0.3, 0.4) is 0 Å². The maximum Gasteiger partial charge on any atom is 0.227 e. The number of hydrogen-bond donors (Lipinski definition) is 0. The zero-order valence-electron chi connectivity index (χ0n) is 14.2. The van der Waals surface area contributed by atoms with Crippen molar-refractivity contribution in [1.29, 1.82) is 0 Å². The lowest BCUT2D eigenvalue weighted by atomic mass is 9.98. The molecule has 0 spiro atoms. The van der Waals surface area contributed by atoms with E-state index in [2.05, 4.69) is 14.9 Å². The summed E-state index contributed by atoms with van der Waals surface area (Å²) in [5, 5.41) is 0.355. The van der Waals surface area contributed by atoms with Gasteiger partial charge < -0.3 is 4.90 Å². The Balaban J connectivity index is 1.57. The Morgan fingerprint density at radius 3 is 2.73 bits per heavy atom. The minimum absolute atomic E-state index is 0.00470. The average molecular weight is 371 g/mol. The third kappa shape index (κ3) is 3.24. The monoisotopic (exact) mass is 371 g/mol. The quantitative estimate of drug-likeness (QED) is 0.828. The normalized spacial score (nSPS) is 19.3. The highest BCUT2D eigenvalue weighted by Crippen LogP contribution is 2.33. The molecule has 0 amide bonds. The van der Waals surface area contributed by atoms with Crippen LogP contribution in [-0.2, 0) is 0 Å². The van der Waals surface area contributed by atoms with E-state index in [4.69, 9.17) is 0 Å². The van der Waals surface area contributed by atoms with Crippen LogP contribution < -0.4 is 0 Å². The van der Waals surface area contributed by atoms with Crippen LogP contribution in [0, 0.1) is 5.82 Å². The number of Topliss-reactive ketones (excluding diaryl/α,β-unsaturated/α-hetero) is 2. The summed E-state index contributed by atoms with van der Waals surface area (Å²) in [5.41, 5.74) is 0.691. The first kappa shape index (κ1) is 17.2. The second-order valence-corrected chi connectivity index (χ2v) is 7.48. The van der Waals surface area contributed by atoms with Gasteiger partial charge in [-0.15, -0.1) is 11.3 Å². The van der Waals surface area contributed by atoms with Gasteiger partial charge in [0.05, 0.1) is 18.7 Å². The van der Waals surface area contributed by atoms with Crippen molar-refractivity contribution in [2.45, 2.75) is 19.3 Å². The van der Waals surface area contributed by atoms with Gasteiger partial charge in [-0.05, 0) is 38.1 Å². The SMILES string of the molecule is O=C1C(=NCCN2CCCC2)CC(=O)c2sc(-c3ccccc3F)nc21. The van der Waals surface area contributed by atoms with E-state index in [1.165, 1.54) is 18.9 Å². The Morgan fingerprint density at radius 1 is 1.19 bits per heavy atom. The molecule has 1 aliphatic carbocycles. The van der Waals surface area contributed by atoms with Gasteiger partial charge in [0.15, 0.2) is 5.78 Å². The number of thiazole rings is 1. The van der Waals surface area contributed by atoms with E-state index in [1.54, 1.807) is 18.2 Å². The fraction of sp³-hybridized carbons (Fsp3) is 0.368. The number of carbonyl (C=O) groups excluding carboxylic acids is 2. The second kappa shape index (κ2) is 7.17. The van der Waals surface area contributed by atoms with Gasteiger partial charge >= 0.3 is 0 Å². The number of benzene rings is 1. The number of aromatic nitrogens is 1. The first-order valence-electron chi connectivity index (χ1n) is 8.73. The third-order valence-corrected chi connectivity index (χ3v) is 5.84. The lowest BCUT2D eigenvalue weighted by molar-refractivity contribution is 0.0966. The van der Waals surface area contributed by atoms with E-state index in [9.17, 15) is 14.0 Å². The van der Waals surface area contributed by atoms with Crippen LogP contribution in [0.15, 0.2) is 29.3 Å². The minimum atomic E-state index is -0.419. The number of aliphatic imine (C=N–C) groups is 1. The van der Waals surface area contributed by atoms with E-state index in [0.717, 1.165) is 31.0 Å². The van der Waals surface area contributed by atoms with Gasteiger partial charge in [-0.3, -0.25) is 14.6 Å². The van der Waals surface area contributed by atoms with E-state index < -0.39 is 5.82 Å². The first-order chi connectivity index (χ1) is 12.6. The minimum Gasteiger partial charge on any atom is -0.301 e. The Labute approximate surface area is 154 Å². The summed E-state index contributed by atoms with van der Waals surface area (Å²) in [4.78, 5) is 36.4. The molecule has 1 aromatic carbocycles. The Kier molecular flexibility index (Phi) is 4.74. The fourth-order valence-electron chi connectivity index (χ4n) is 3.32. The molecular formula is C19H18FN3O2S. The van der Waals surface area contributed by atoms with Crippen LogP contribution in [0.4, 0.5) is 4.39 Å². The zero-order valence-corrected chi connectivity index (χ0v) is 15.0. The Hall–Kier alpha value is -2.25.